The highest BCUT2D eigenvalue weighted by molar-refractivity contribution is 5.45. The monoisotopic (exact) mass is 218 g/mol. The van der Waals surface area contributed by atoms with Crippen LogP contribution in [0.25, 0.3) is 0 Å². The number of hydrogen-bond donors (Lipinski definition) is 1. The quantitative estimate of drug-likeness (QED) is 0.824. The third-order valence-electron chi connectivity index (χ3n) is 2.27. The molecule has 1 aromatic carbocycles. The third-order valence-corrected chi connectivity index (χ3v) is 2.27. The lowest BCUT2D eigenvalue weighted by Crippen LogP contribution is -2.18. The number of hydrogen-bond acceptors (Lipinski definition) is 3. The van der Waals surface area contributed by atoms with Crippen LogP contribution in [0.5, 0.6) is 5.75 Å². The summed E-state index contributed by atoms with van der Waals surface area (Å²) in [4.78, 5) is 0. The van der Waals surface area contributed by atoms with Crippen molar-refractivity contribution in [1.82, 2.24) is 5.32 Å². The van der Waals surface area contributed by atoms with Crippen LogP contribution < -0.4 is 10.1 Å². The van der Waals surface area contributed by atoms with Crippen LogP contribution in [0.3, 0.4) is 0 Å². The van der Waals surface area contributed by atoms with Gasteiger partial charge in [-0.2, -0.15) is 5.26 Å². The van der Waals surface area contributed by atoms with E-state index in [2.05, 4.69) is 25.2 Å². The Morgan fingerprint density at radius 2 is 2.19 bits per heavy atom. The van der Waals surface area contributed by atoms with Crippen LogP contribution in [0, 0.1) is 17.2 Å². The molecule has 0 spiro atoms. The second-order valence-electron chi connectivity index (χ2n) is 4.17. The molecule has 0 atom stereocenters. The van der Waals surface area contributed by atoms with Gasteiger partial charge in [0, 0.05) is 6.54 Å². The normalized spacial score (nSPS) is 10.2. The highest BCUT2D eigenvalue weighted by Crippen LogP contribution is 2.18. The first-order valence-electron chi connectivity index (χ1n) is 5.45. The Balaban J connectivity index is 2.65. The molecule has 1 rings (SSSR count). The minimum Gasteiger partial charge on any atom is -0.495 e. The lowest BCUT2D eigenvalue weighted by Gasteiger charge is -2.09. The van der Waals surface area contributed by atoms with E-state index in [1.807, 2.05) is 18.2 Å². The Bertz CT molecular complexity index is 380. The average molecular weight is 218 g/mol. The number of ether oxygens (including phenoxy) is 1. The highest BCUT2D eigenvalue weighted by Gasteiger charge is 2.03. The van der Waals surface area contributed by atoms with Gasteiger partial charge in [0.1, 0.15) is 11.8 Å². The summed E-state index contributed by atoms with van der Waals surface area (Å²) in [5.74, 6) is 1.27. The third kappa shape index (κ3) is 3.56. The molecule has 0 saturated carbocycles. The second-order valence-corrected chi connectivity index (χ2v) is 4.17. The fourth-order valence-corrected chi connectivity index (χ4v) is 1.46. The van der Waals surface area contributed by atoms with Crippen LogP contribution in [0.2, 0.25) is 0 Å². The topological polar surface area (TPSA) is 45.0 Å². The van der Waals surface area contributed by atoms with E-state index in [4.69, 9.17) is 10.00 Å². The average Bonchev–Trinajstić information content (AvgIpc) is 2.28. The Labute approximate surface area is 97.0 Å². The zero-order valence-electron chi connectivity index (χ0n) is 10.1. The van der Waals surface area contributed by atoms with Gasteiger partial charge in [-0.05, 0) is 30.2 Å². The smallest absolute Gasteiger partial charge is 0.136 e. The number of nitrogens with zero attached hydrogens (tertiary/aromatic N) is 1. The molecule has 16 heavy (non-hydrogen) atoms. The molecule has 86 valence electrons. The summed E-state index contributed by atoms with van der Waals surface area (Å²) in [6.07, 6.45) is 0. The van der Waals surface area contributed by atoms with Gasteiger partial charge in [0.15, 0.2) is 0 Å². The van der Waals surface area contributed by atoms with Crippen molar-refractivity contribution in [3.8, 4) is 11.8 Å². The SMILES string of the molecule is COc1ccc(CNCC(C)C)cc1C#N. The van der Waals surface area contributed by atoms with Crippen LogP contribution >= 0.6 is 0 Å². The Morgan fingerprint density at radius 3 is 2.75 bits per heavy atom. The Kier molecular flexibility index (Phi) is 4.81. The molecular formula is C13H18N2O. The molecule has 3 nitrogen and oxygen atoms in total. The maximum Gasteiger partial charge on any atom is 0.136 e. The lowest BCUT2D eigenvalue weighted by molar-refractivity contribution is 0.413. The molecule has 0 aromatic heterocycles. The van der Waals surface area contributed by atoms with Gasteiger partial charge in [-0.1, -0.05) is 19.9 Å². The Morgan fingerprint density at radius 1 is 1.44 bits per heavy atom. The largest absolute Gasteiger partial charge is 0.495 e. The van der Waals surface area contributed by atoms with Crippen LogP contribution in [-0.2, 0) is 6.54 Å². The molecule has 0 radical (unpaired) electrons. The first kappa shape index (κ1) is 12.5. The summed E-state index contributed by atoms with van der Waals surface area (Å²) in [6.45, 7) is 6.11. The molecular weight excluding hydrogens is 200 g/mol. The summed E-state index contributed by atoms with van der Waals surface area (Å²) in [5.41, 5.74) is 1.70. The predicted molar refractivity (Wildman–Crippen MR) is 64.3 cm³/mol. The van der Waals surface area contributed by atoms with Crippen molar-refractivity contribution >= 4 is 0 Å². The molecule has 0 bridgehead atoms. The summed E-state index contributed by atoms with van der Waals surface area (Å²) in [5, 5.41) is 12.3. The molecule has 0 aliphatic heterocycles. The van der Waals surface area contributed by atoms with Gasteiger partial charge < -0.3 is 10.1 Å². The molecule has 0 unspecified atom stereocenters. The summed E-state index contributed by atoms with van der Waals surface area (Å²) < 4.78 is 5.09. The number of nitrogens with one attached hydrogen (secondary N) is 1. The maximum atomic E-state index is 8.94. The molecule has 1 aromatic rings. The van der Waals surface area contributed by atoms with E-state index < -0.39 is 0 Å². The lowest BCUT2D eigenvalue weighted by atomic mass is 10.1. The van der Waals surface area contributed by atoms with Crippen molar-refractivity contribution in [2.45, 2.75) is 20.4 Å². The van der Waals surface area contributed by atoms with Gasteiger partial charge in [-0.3, -0.25) is 0 Å². The first-order valence-corrected chi connectivity index (χ1v) is 5.45. The van der Waals surface area contributed by atoms with Gasteiger partial charge >= 0.3 is 0 Å². The van der Waals surface area contributed by atoms with E-state index in [1.165, 1.54) is 0 Å². The number of rotatable bonds is 5. The maximum absolute atomic E-state index is 8.94. The van der Waals surface area contributed by atoms with E-state index in [9.17, 15) is 0 Å². The van der Waals surface area contributed by atoms with Crippen molar-refractivity contribution < 1.29 is 4.74 Å². The van der Waals surface area contributed by atoms with Crippen LogP contribution in [0.15, 0.2) is 18.2 Å². The molecule has 1 N–H and O–H groups in total. The zero-order chi connectivity index (χ0) is 12.0. The highest BCUT2D eigenvalue weighted by atomic mass is 16.5. The van der Waals surface area contributed by atoms with Crippen LogP contribution in [-0.4, -0.2) is 13.7 Å². The van der Waals surface area contributed by atoms with Crippen molar-refractivity contribution in [3.63, 3.8) is 0 Å². The molecule has 0 fully saturated rings. The van der Waals surface area contributed by atoms with Crippen molar-refractivity contribution in [2.75, 3.05) is 13.7 Å². The number of benzene rings is 1. The van der Waals surface area contributed by atoms with E-state index in [0.29, 0.717) is 17.2 Å². The van der Waals surface area contributed by atoms with E-state index in [1.54, 1.807) is 7.11 Å². The van der Waals surface area contributed by atoms with E-state index in [-0.39, 0.29) is 0 Å². The van der Waals surface area contributed by atoms with Crippen LogP contribution in [0.4, 0.5) is 0 Å². The van der Waals surface area contributed by atoms with Crippen LogP contribution in [0.1, 0.15) is 25.0 Å². The molecule has 0 aliphatic carbocycles. The fraction of sp³-hybridized carbons (Fsp3) is 0.462. The van der Waals surface area contributed by atoms with Gasteiger partial charge in [-0.15, -0.1) is 0 Å². The number of methoxy groups -OCH3 is 1. The minimum absolute atomic E-state index is 0.589. The Hall–Kier alpha value is -1.53. The molecule has 0 saturated heterocycles. The van der Waals surface area contributed by atoms with Gasteiger partial charge in [0.25, 0.3) is 0 Å². The minimum atomic E-state index is 0.589. The van der Waals surface area contributed by atoms with Gasteiger partial charge in [0.05, 0.1) is 12.7 Å². The molecule has 3 heteroatoms. The number of nitriles is 1. The molecule has 0 heterocycles. The standard InChI is InChI=1S/C13H18N2O/c1-10(2)8-15-9-11-4-5-13(16-3)12(6-11)7-14/h4-6,10,15H,8-9H2,1-3H3. The first-order chi connectivity index (χ1) is 7.67. The second kappa shape index (κ2) is 6.14. The van der Waals surface area contributed by atoms with Crippen molar-refractivity contribution in [1.29, 1.82) is 5.26 Å². The van der Waals surface area contributed by atoms with Gasteiger partial charge in [-0.25, -0.2) is 0 Å². The van der Waals surface area contributed by atoms with E-state index in [0.717, 1.165) is 18.7 Å². The molecule has 0 aliphatic rings. The predicted octanol–water partition coefficient (Wildman–Crippen LogP) is 2.31. The van der Waals surface area contributed by atoms with Crippen molar-refractivity contribution in [2.24, 2.45) is 5.92 Å². The van der Waals surface area contributed by atoms with Gasteiger partial charge in [0.2, 0.25) is 0 Å². The van der Waals surface area contributed by atoms with Crippen molar-refractivity contribution in [3.05, 3.63) is 29.3 Å². The summed E-state index contributed by atoms with van der Waals surface area (Å²) >= 11 is 0. The fourth-order valence-electron chi connectivity index (χ4n) is 1.46. The molecule has 0 amide bonds. The summed E-state index contributed by atoms with van der Waals surface area (Å²) in [7, 11) is 1.58. The summed E-state index contributed by atoms with van der Waals surface area (Å²) in [6, 6.07) is 7.82. The van der Waals surface area contributed by atoms with E-state index >= 15 is 0 Å². The zero-order valence-corrected chi connectivity index (χ0v) is 10.1.